The van der Waals surface area contributed by atoms with Gasteiger partial charge in [-0.15, -0.1) is 0 Å². The summed E-state index contributed by atoms with van der Waals surface area (Å²) in [6, 6.07) is 8.53. The van der Waals surface area contributed by atoms with Gasteiger partial charge in [0.15, 0.2) is 0 Å². The average Bonchev–Trinajstić information content (AvgIpc) is 2.29. The lowest BCUT2D eigenvalue weighted by Crippen LogP contribution is -2.25. The minimum Gasteiger partial charge on any atom is -0.381 e. The van der Waals surface area contributed by atoms with Crippen LogP contribution in [0, 0.1) is 6.92 Å². The van der Waals surface area contributed by atoms with Crippen molar-refractivity contribution >= 4 is 0 Å². The number of hydrogen-bond acceptors (Lipinski definition) is 2. The molecule has 0 radical (unpaired) electrons. The van der Waals surface area contributed by atoms with Gasteiger partial charge in [0.2, 0.25) is 0 Å². The standard InChI is InChI=1S/C13H18O2/c1-10-4-3-5-11(8-10)13-9-12(14-2)6-7-15-13/h3-5,8,12-13H,6-7,9H2,1-2H3. The Morgan fingerprint density at radius 3 is 3.00 bits per heavy atom. The molecule has 0 N–H and O–H groups in total. The van der Waals surface area contributed by atoms with E-state index in [4.69, 9.17) is 9.47 Å². The van der Waals surface area contributed by atoms with Crippen LogP contribution < -0.4 is 0 Å². The fourth-order valence-corrected chi connectivity index (χ4v) is 2.08. The lowest BCUT2D eigenvalue weighted by Gasteiger charge is -2.29. The van der Waals surface area contributed by atoms with Crippen LogP contribution in [0.1, 0.15) is 30.1 Å². The monoisotopic (exact) mass is 206 g/mol. The number of rotatable bonds is 2. The van der Waals surface area contributed by atoms with Crippen LogP contribution in [0.5, 0.6) is 0 Å². The molecule has 0 aromatic heterocycles. The smallest absolute Gasteiger partial charge is 0.0849 e. The van der Waals surface area contributed by atoms with Crippen LogP contribution in [0.15, 0.2) is 24.3 Å². The molecule has 0 saturated carbocycles. The molecular weight excluding hydrogens is 188 g/mol. The van der Waals surface area contributed by atoms with E-state index in [1.807, 2.05) is 0 Å². The topological polar surface area (TPSA) is 18.5 Å². The first-order valence-electron chi connectivity index (χ1n) is 5.50. The summed E-state index contributed by atoms with van der Waals surface area (Å²) in [4.78, 5) is 0. The lowest BCUT2D eigenvalue weighted by molar-refractivity contribution is -0.0599. The highest BCUT2D eigenvalue weighted by molar-refractivity contribution is 5.24. The van der Waals surface area contributed by atoms with Crippen molar-refractivity contribution < 1.29 is 9.47 Å². The molecule has 2 unspecified atom stereocenters. The minimum absolute atomic E-state index is 0.212. The molecule has 2 nitrogen and oxygen atoms in total. The summed E-state index contributed by atoms with van der Waals surface area (Å²) in [6.45, 7) is 2.91. The third kappa shape index (κ3) is 2.58. The first kappa shape index (κ1) is 10.7. The van der Waals surface area contributed by atoms with Crippen LogP contribution in [-0.2, 0) is 9.47 Å². The van der Waals surface area contributed by atoms with Crippen molar-refractivity contribution in [3.8, 4) is 0 Å². The van der Waals surface area contributed by atoms with Gasteiger partial charge in [-0.2, -0.15) is 0 Å². The Hall–Kier alpha value is -0.860. The molecule has 0 amide bonds. The van der Waals surface area contributed by atoms with E-state index in [0.717, 1.165) is 19.4 Å². The van der Waals surface area contributed by atoms with E-state index in [0.29, 0.717) is 6.10 Å². The molecule has 1 aliphatic rings. The average molecular weight is 206 g/mol. The van der Waals surface area contributed by atoms with Crippen molar-refractivity contribution in [2.75, 3.05) is 13.7 Å². The summed E-state index contributed by atoms with van der Waals surface area (Å²) in [5.41, 5.74) is 2.56. The molecule has 1 aromatic carbocycles. The Kier molecular flexibility index (Phi) is 3.39. The summed E-state index contributed by atoms with van der Waals surface area (Å²) in [6.07, 6.45) is 2.55. The molecule has 1 heterocycles. The Labute approximate surface area is 91.2 Å². The zero-order valence-corrected chi connectivity index (χ0v) is 9.40. The van der Waals surface area contributed by atoms with Gasteiger partial charge in [-0.05, 0) is 18.9 Å². The van der Waals surface area contributed by atoms with Crippen molar-refractivity contribution in [1.29, 1.82) is 0 Å². The van der Waals surface area contributed by atoms with Crippen LogP contribution in [0.4, 0.5) is 0 Å². The molecule has 2 atom stereocenters. The predicted octanol–water partition coefficient (Wildman–Crippen LogP) is 2.86. The van der Waals surface area contributed by atoms with E-state index in [2.05, 4.69) is 31.2 Å². The molecule has 82 valence electrons. The maximum absolute atomic E-state index is 5.77. The maximum atomic E-state index is 5.77. The quantitative estimate of drug-likeness (QED) is 0.740. The van der Waals surface area contributed by atoms with E-state index in [1.165, 1.54) is 11.1 Å². The van der Waals surface area contributed by atoms with Crippen molar-refractivity contribution in [3.05, 3.63) is 35.4 Å². The molecule has 0 bridgehead atoms. The zero-order chi connectivity index (χ0) is 10.7. The minimum atomic E-state index is 0.212. The van der Waals surface area contributed by atoms with Gasteiger partial charge in [0.1, 0.15) is 0 Å². The Morgan fingerprint density at radius 2 is 2.27 bits per heavy atom. The first-order valence-corrected chi connectivity index (χ1v) is 5.50. The molecule has 1 fully saturated rings. The SMILES string of the molecule is COC1CCOC(c2cccc(C)c2)C1. The van der Waals surface area contributed by atoms with E-state index in [-0.39, 0.29) is 6.10 Å². The van der Waals surface area contributed by atoms with E-state index < -0.39 is 0 Å². The number of aryl methyl sites for hydroxylation is 1. The Balaban J connectivity index is 2.09. The van der Waals surface area contributed by atoms with Gasteiger partial charge < -0.3 is 9.47 Å². The summed E-state index contributed by atoms with van der Waals surface area (Å²) in [5, 5.41) is 0. The summed E-state index contributed by atoms with van der Waals surface area (Å²) < 4.78 is 11.2. The second-order valence-corrected chi connectivity index (χ2v) is 4.16. The summed E-state index contributed by atoms with van der Waals surface area (Å²) in [7, 11) is 1.78. The highest BCUT2D eigenvalue weighted by atomic mass is 16.5. The zero-order valence-electron chi connectivity index (χ0n) is 9.40. The Morgan fingerprint density at radius 1 is 1.40 bits per heavy atom. The van der Waals surface area contributed by atoms with Gasteiger partial charge in [-0.1, -0.05) is 29.8 Å². The summed E-state index contributed by atoms with van der Waals surface area (Å²) in [5.74, 6) is 0. The van der Waals surface area contributed by atoms with Crippen molar-refractivity contribution in [2.45, 2.75) is 32.0 Å². The fourth-order valence-electron chi connectivity index (χ4n) is 2.08. The van der Waals surface area contributed by atoms with Gasteiger partial charge >= 0.3 is 0 Å². The van der Waals surface area contributed by atoms with Gasteiger partial charge in [-0.25, -0.2) is 0 Å². The van der Waals surface area contributed by atoms with Crippen LogP contribution in [-0.4, -0.2) is 19.8 Å². The molecule has 1 saturated heterocycles. The fraction of sp³-hybridized carbons (Fsp3) is 0.538. The molecule has 15 heavy (non-hydrogen) atoms. The van der Waals surface area contributed by atoms with Crippen LogP contribution in [0.3, 0.4) is 0 Å². The normalized spacial score (nSPS) is 26.5. The van der Waals surface area contributed by atoms with Crippen LogP contribution in [0.25, 0.3) is 0 Å². The second kappa shape index (κ2) is 4.77. The number of ether oxygens (including phenoxy) is 2. The largest absolute Gasteiger partial charge is 0.381 e. The molecular formula is C13H18O2. The molecule has 0 spiro atoms. The number of methoxy groups -OCH3 is 1. The van der Waals surface area contributed by atoms with Gasteiger partial charge in [0, 0.05) is 20.1 Å². The third-order valence-corrected chi connectivity index (χ3v) is 2.98. The number of benzene rings is 1. The van der Waals surface area contributed by atoms with Gasteiger partial charge in [0.05, 0.1) is 12.2 Å². The van der Waals surface area contributed by atoms with E-state index in [9.17, 15) is 0 Å². The highest BCUT2D eigenvalue weighted by Gasteiger charge is 2.23. The highest BCUT2D eigenvalue weighted by Crippen LogP contribution is 2.29. The third-order valence-electron chi connectivity index (χ3n) is 2.98. The maximum Gasteiger partial charge on any atom is 0.0849 e. The number of hydrogen-bond donors (Lipinski definition) is 0. The van der Waals surface area contributed by atoms with Crippen LogP contribution >= 0.6 is 0 Å². The van der Waals surface area contributed by atoms with E-state index >= 15 is 0 Å². The predicted molar refractivity (Wildman–Crippen MR) is 59.9 cm³/mol. The first-order chi connectivity index (χ1) is 7.29. The molecule has 2 heteroatoms. The Bertz CT molecular complexity index is 322. The molecule has 1 aliphatic heterocycles. The molecule has 2 rings (SSSR count). The van der Waals surface area contributed by atoms with Crippen molar-refractivity contribution in [2.24, 2.45) is 0 Å². The molecule has 0 aliphatic carbocycles. The van der Waals surface area contributed by atoms with Gasteiger partial charge in [-0.3, -0.25) is 0 Å². The lowest BCUT2D eigenvalue weighted by atomic mass is 9.98. The van der Waals surface area contributed by atoms with E-state index in [1.54, 1.807) is 7.11 Å². The van der Waals surface area contributed by atoms with Crippen molar-refractivity contribution in [3.63, 3.8) is 0 Å². The molecule has 1 aromatic rings. The second-order valence-electron chi connectivity index (χ2n) is 4.16. The van der Waals surface area contributed by atoms with Gasteiger partial charge in [0.25, 0.3) is 0 Å². The van der Waals surface area contributed by atoms with Crippen LogP contribution in [0.2, 0.25) is 0 Å². The summed E-state index contributed by atoms with van der Waals surface area (Å²) >= 11 is 0. The van der Waals surface area contributed by atoms with Crippen molar-refractivity contribution in [1.82, 2.24) is 0 Å².